The van der Waals surface area contributed by atoms with Gasteiger partial charge < -0.3 is 4.98 Å². The smallest absolute Gasteiger partial charge is 0.123 e. The Morgan fingerprint density at radius 3 is 2.17 bits per heavy atom. The molecular formula is C22H14N2. The van der Waals surface area contributed by atoms with Gasteiger partial charge in [0, 0.05) is 28.1 Å². The topological polar surface area (TPSA) is 20.7 Å². The zero-order valence-electron chi connectivity index (χ0n) is 13.0. The van der Waals surface area contributed by atoms with Crippen LogP contribution in [0.25, 0.3) is 49.9 Å². The number of benzene rings is 3. The van der Waals surface area contributed by atoms with Crippen molar-refractivity contribution in [2.24, 2.45) is 0 Å². The summed E-state index contributed by atoms with van der Waals surface area (Å²) in [5.74, 6) is 0. The van der Waals surface area contributed by atoms with Gasteiger partial charge >= 0.3 is 0 Å². The maximum atomic E-state index is 3.45. The molecule has 0 bridgehead atoms. The van der Waals surface area contributed by atoms with Crippen LogP contribution in [0.3, 0.4) is 0 Å². The van der Waals surface area contributed by atoms with Gasteiger partial charge in [0.2, 0.25) is 0 Å². The number of rotatable bonds is 0. The van der Waals surface area contributed by atoms with Gasteiger partial charge in [-0.25, -0.2) is 0 Å². The largest absolute Gasteiger partial charge is 0.347 e. The van der Waals surface area contributed by atoms with Gasteiger partial charge in [-0.15, -0.1) is 0 Å². The van der Waals surface area contributed by atoms with Gasteiger partial charge in [-0.3, -0.25) is 4.57 Å². The summed E-state index contributed by atoms with van der Waals surface area (Å²) in [6.45, 7) is 0. The Bertz CT molecular complexity index is 1250. The molecular weight excluding hydrogens is 292 g/mol. The van der Waals surface area contributed by atoms with Crippen LogP contribution >= 0.6 is 0 Å². The SMILES string of the molecule is c1ccc2c(c1)-c1ccccc1-n1c3[nH]ccc3c3cccc-2c31. The number of aromatic amines is 1. The minimum atomic E-state index is 1.16. The van der Waals surface area contributed by atoms with Gasteiger partial charge in [0.1, 0.15) is 5.65 Å². The van der Waals surface area contributed by atoms with Crippen molar-refractivity contribution in [3.63, 3.8) is 0 Å². The Kier molecular flexibility index (Phi) is 2.12. The average molecular weight is 306 g/mol. The van der Waals surface area contributed by atoms with E-state index in [4.69, 9.17) is 0 Å². The Morgan fingerprint density at radius 2 is 1.29 bits per heavy atom. The van der Waals surface area contributed by atoms with E-state index in [0.717, 1.165) is 5.65 Å². The maximum absolute atomic E-state index is 3.45. The normalized spacial score (nSPS) is 12.2. The highest BCUT2D eigenvalue weighted by atomic mass is 15.1. The molecule has 0 saturated carbocycles. The van der Waals surface area contributed by atoms with Crippen molar-refractivity contribution < 1.29 is 0 Å². The second-order valence-electron chi connectivity index (χ2n) is 6.34. The zero-order valence-corrected chi connectivity index (χ0v) is 13.0. The summed E-state index contributed by atoms with van der Waals surface area (Å²) in [6, 6.07) is 26.2. The minimum absolute atomic E-state index is 1.16. The van der Waals surface area contributed by atoms with Gasteiger partial charge in [-0.05, 0) is 23.3 Å². The zero-order chi connectivity index (χ0) is 15.7. The lowest BCUT2D eigenvalue weighted by molar-refractivity contribution is 1.15. The molecule has 0 aliphatic carbocycles. The lowest BCUT2D eigenvalue weighted by Crippen LogP contribution is -1.95. The molecule has 0 radical (unpaired) electrons. The van der Waals surface area contributed by atoms with Gasteiger partial charge in [-0.1, -0.05) is 60.7 Å². The van der Waals surface area contributed by atoms with Crippen molar-refractivity contribution in [2.75, 3.05) is 0 Å². The van der Waals surface area contributed by atoms with Crippen LogP contribution in [0.15, 0.2) is 79.0 Å². The van der Waals surface area contributed by atoms with Crippen molar-refractivity contribution in [1.82, 2.24) is 9.55 Å². The first-order valence-electron chi connectivity index (χ1n) is 8.23. The Labute approximate surface area is 139 Å². The molecule has 0 atom stereocenters. The molecule has 6 rings (SSSR count). The van der Waals surface area contributed by atoms with Crippen molar-refractivity contribution in [1.29, 1.82) is 0 Å². The van der Waals surface area contributed by atoms with E-state index < -0.39 is 0 Å². The van der Waals surface area contributed by atoms with Crippen LogP contribution in [-0.4, -0.2) is 9.55 Å². The molecule has 2 heteroatoms. The third-order valence-corrected chi connectivity index (χ3v) is 5.15. The van der Waals surface area contributed by atoms with E-state index in [1.54, 1.807) is 0 Å². The number of aromatic nitrogens is 2. The molecule has 2 aromatic heterocycles. The Balaban J connectivity index is 1.99. The lowest BCUT2D eigenvalue weighted by Gasteiger charge is -2.11. The predicted octanol–water partition coefficient (Wildman–Crippen LogP) is 5.76. The molecule has 5 aromatic rings. The summed E-state index contributed by atoms with van der Waals surface area (Å²) in [5.41, 5.74) is 8.85. The molecule has 2 nitrogen and oxygen atoms in total. The highest BCUT2D eigenvalue weighted by molar-refractivity contribution is 6.15. The molecule has 0 spiro atoms. The number of hydrogen-bond acceptors (Lipinski definition) is 0. The number of para-hydroxylation sites is 2. The summed E-state index contributed by atoms with van der Waals surface area (Å²) in [4.78, 5) is 3.45. The monoisotopic (exact) mass is 306 g/mol. The molecule has 1 N–H and O–H groups in total. The molecule has 3 aromatic carbocycles. The van der Waals surface area contributed by atoms with E-state index >= 15 is 0 Å². The van der Waals surface area contributed by atoms with Gasteiger partial charge in [-0.2, -0.15) is 0 Å². The van der Waals surface area contributed by atoms with E-state index in [1.807, 2.05) is 6.20 Å². The van der Waals surface area contributed by atoms with Crippen LogP contribution in [0.1, 0.15) is 0 Å². The Hall–Kier alpha value is -3.26. The van der Waals surface area contributed by atoms with E-state index in [2.05, 4.69) is 82.3 Å². The fourth-order valence-corrected chi connectivity index (χ4v) is 4.18. The molecule has 1 aliphatic heterocycles. The van der Waals surface area contributed by atoms with Crippen molar-refractivity contribution in [3.05, 3.63) is 79.0 Å². The predicted molar refractivity (Wildman–Crippen MR) is 99.6 cm³/mol. The third-order valence-electron chi connectivity index (χ3n) is 5.15. The van der Waals surface area contributed by atoms with Crippen LogP contribution in [0.4, 0.5) is 0 Å². The van der Waals surface area contributed by atoms with Crippen molar-refractivity contribution in [2.45, 2.75) is 0 Å². The average Bonchev–Trinajstić information content (AvgIpc) is 3.19. The fourth-order valence-electron chi connectivity index (χ4n) is 4.18. The number of H-pyrrole nitrogens is 1. The van der Waals surface area contributed by atoms with Gasteiger partial charge in [0.15, 0.2) is 0 Å². The Morgan fingerprint density at radius 1 is 0.583 bits per heavy atom. The standard InChI is InChI=1S/C22H14N2/c1-2-7-15-14(6-1)16-8-3-4-11-20(16)24-21-17(15)9-5-10-18(21)19-12-13-23-22(19)24/h1-13,23H. The summed E-state index contributed by atoms with van der Waals surface area (Å²) in [6.07, 6.45) is 2.03. The van der Waals surface area contributed by atoms with E-state index in [-0.39, 0.29) is 0 Å². The number of nitrogens with zero attached hydrogens (tertiary/aromatic N) is 1. The fraction of sp³-hybridized carbons (Fsp3) is 0. The van der Waals surface area contributed by atoms with Crippen LogP contribution < -0.4 is 0 Å². The van der Waals surface area contributed by atoms with Crippen molar-refractivity contribution in [3.8, 4) is 27.9 Å². The van der Waals surface area contributed by atoms with Crippen molar-refractivity contribution >= 4 is 21.9 Å². The van der Waals surface area contributed by atoms with Crippen LogP contribution in [0, 0.1) is 0 Å². The third kappa shape index (κ3) is 1.32. The highest BCUT2D eigenvalue weighted by Crippen LogP contribution is 2.45. The first kappa shape index (κ1) is 12.2. The quantitative estimate of drug-likeness (QED) is 0.368. The summed E-state index contributed by atoms with van der Waals surface area (Å²) < 4.78 is 2.38. The minimum Gasteiger partial charge on any atom is -0.347 e. The van der Waals surface area contributed by atoms with Crippen LogP contribution in [-0.2, 0) is 0 Å². The second-order valence-corrected chi connectivity index (χ2v) is 6.34. The second kappa shape index (κ2) is 4.18. The van der Waals surface area contributed by atoms with E-state index in [1.165, 1.54) is 44.2 Å². The van der Waals surface area contributed by atoms with Gasteiger partial charge in [0.25, 0.3) is 0 Å². The number of hydrogen-bond donors (Lipinski definition) is 1. The summed E-state index contributed by atoms with van der Waals surface area (Å²) in [5, 5.41) is 2.58. The molecule has 0 unspecified atom stereocenters. The lowest BCUT2D eigenvalue weighted by atomic mass is 9.94. The van der Waals surface area contributed by atoms with E-state index in [9.17, 15) is 0 Å². The maximum Gasteiger partial charge on any atom is 0.123 e. The molecule has 3 heterocycles. The molecule has 112 valence electrons. The summed E-state index contributed by atoms with van der Waals surface area (Å²) in [7, 11) is 0. The molecule has 24 heavy (non-hydrogen) atoms. The summed E-state index contributed by atoms with van der Waals surface area (Å²) >= 11 is 0. The van der Waals surface area contributed by atoms with Crippen LogP contribution in [0.2, 0.25) is 0 Å². The first-order chi connectivity index (χ1) is 11.9. The number of nitrogens with one attached hydrogen (secondary N) is 1. The van der Waals surface area contributed by atoms with Crippen LogP contribution in [0.5, 0.6) is 0 Å². The molecule has 0 fully saturated rings. The molecule has 0 saturated heterocycles. The van der Waals surface area contributed by atoms with E-state index in [0.29, 0.717) is 0 Å². The highest BCUT2D eigenvalue weighted by Gasteiger charge is 2.23. The molecule has 0 amide bonds. The van der Waals surface area contributed by atoms with Gasteiger partial charge in [0.05, 0.1) is 11.2 Å². The number of fused-ring (bicyclic) bond motifs is 8. The first-order valence-corrected chi connectivity index (χ1v) is 8.23. The molecule has 1 aliphatic rings.